The number of carbonyl (C=O) groups is 3. The minimum absolute atomic E-state index is 0.182. The van der Waals surface area contributed by atoms with Crippen LogP contribution in [0.25, 0.3) is 6.08 Å². The van der Waals surface area contributed by atoms with Gasteiger partial charge in [0.15, 0.2) is 5.78 Å². The van der Waals surface area contributed by atoms with Gasteiger partial charge in [0.2, 0.25) is 5.91 Å². The Morgan fingerprint density at radius 1 is 1.23 bits per heavy atom. The van der Waals surface area contributed by atoms with Crippen LogP contribution >= 0.6 is 11.3 Å². The predicted molar refractivity (Wildman–Crippen MR) is 99.1 cm³/mol. The Labute approximate surface area is 154 Å². The third-order valence-electron chi connectivity index (χ3n) is 3.48. The van der Waals surface area contributed by atoms with E-state index in [1.165, 1.54) is 43.3 Å². The van der Waals surface area contributed by atoms with E-state index in [0.717, 1.165) is 11.3 Å². The van der Waals surface area contributed by atoms with Gasteiger partial charge in [-0.15, -0.1) is 11.3 Å². The molecule has 0 bridgehead atoms. The highest BCUT2D eigenvalue weighted by Gasteiger charge is 2.24. The first-order chi connectivity index (χ1) is 12.3. The van der Waals surface area contributed by atoms with Crippen molar-refractivity contribution < 1.29 is 23.5 Å². The summed E-state index contributed by atoms with van der Waals surface area (Å²) in [7, 11) is 0. The van der Waals surface area contributed by atoms with E-state index in [1.54, 1.807) is 13.8 Å². The summed E-state index contributed by atoms with van der Waals surface area (Å²) in [5.74, 6) is -1.63. The van der Waals surface area contributed by atoms with Gasteiger partial charge in [-0.2, -0.15) is 0 Å². The minimum Gasteiger partial charge on any atom is -0.462 e. The molecule has 0 fully saturated rings. The first-order valence-corrected chi connectivity index (χ1v) is 8.71. The Morgan fingerprint density at radius 3 is 2.46 bits per heavy atom. The number of benzene rings is 1. The maximum atomic E-state index is 12.9. The van der Waals surface area contributed by atoms with E-state index in [4.69, 9.17) is 4.74 Å². The van der Waals surface area contributed by atoms with Crippen molar-refractivity contribution in [3.05, 3.63) is 57.7 Å². The van der Waals surface area contributed by atoms with E-state index in [2.05, 4.69) is 5.32 Å². The fourth-order valence-electron chi connectivity index (χ4n) is 2.29. The standard InChI is InChI=1S/C19H18FNO4S/c1-4-25-19(24)16-11(2)17(12(3)22)26-18(16)21-15(23)10-7-13-5-8-14(20)9-6-13/h5-10H,4H2,1-3H3,(H,21,23). The number of amides is 1. The van der Waals surface area contributed by atoms with Crippen LogP contribution in [0.15, 0.2) is 30.3 Å². The van der Waals surface area contributed by atoms with Gasteiger partial charge in [-0.1, -0.05) is 12.1 Å². The van der Waals surface area contributed by atoms with Gasteiger partial charge in [-0.3, -0.25) is 9.59 Å². The number of carbonyl (C=O) groups excluding carboxylic acids is 3. The molecule has 1 aromatic heterocycles. The van der Waals surface area contributed by atoms with Gasteiger partial charge in [0.1, 0.15) is 10.8 Å². The number of esters is 1. The van der Waals surface area contributed by atoms with Crippen LogP contribution in [0.2, 0.25) is 0 Å². The molecule has 0 aliphatic rings. The van der Waals surface area contributed by atoms with Crippen LogP contribution in [0.1, 0.15) is 45.0 Å². The third kappa shape index (κ3) is 4.64. The van der Waals surface area contributed by atoms with Crippen LogP contribution in [-0.2, 0) is 9.53 Å². The molecule has 0 aliphatic carbocycles. The molecule has 2 aromatic rings. The Balaban J connectivity index is 2.25. The van der Waals surface area contributed by atoms with Crippen LogP contribution in [0.4, 0.5) is 9.39 Å². The number of ether oxygens (including phenoxy) is 1. The van der Waals surface area contributed by atoms with Gasteiger partial charge in [0, 0.05) is 6.08 Å². The molecule has 0 aliphatic heterocycles. The molecular formula is C19H18FNO4S. The molecule has 0 atom stereocenters. The van der Waals surface area contributed by atoms with E-state index < -0.39 is 11.9 Å². The maximum Gasteiger partial charge on any atom is 0.341 e. The lowest BCUT2D eigenvalue weighted by Gasteiger charge is -2.05. The lowest BCUT2D eigenvalue weighted by atomic mass is 10.1. The number of thiophene rings is 1. The Bertz CT molecular complexity index is 868. The van der Waals surface area contributed by atoms with Gasteiger partial charge in [0.05, 0.1) is 17.0 Å². The van der Waals surface area contributed by atoms with Crippen LogP contribution < -0.4 is 5.32 Å². The lowest BCUT2D eigenvalue weighted by molar-refractivity contribution is -0.111. The second-order valence-electron chi connectivity index (χ2n) is 5.41. The number of Topliss-reactive ketones (excluding diaryl/α,β-unsaturated/α-hetero) is 1. The highest BCUT2D eigenvalue weighted by Crippen LogP contribution is 2.34. The predicted octanol–water partition coefficient (Wildman–Crippen LogP) is 4.23. The minimum atomic E-state index is -0.591. The smallest absolute Gasteiger partial charge is 0.341 e. The average molecular weight is 375 g/mol. The summed E-state index contributed by atoms with van der Waals surface area (Å²) >= 11 is 1.03. The fourth-order valence-corrected chi connectivity index (χ4v) is 3.38. The van der Waals surface area contributed by atoms with E-state index in [1.807, 2.05) is 0 Å². The Hall–Kier alpha value is -2.80. The molecular weight excluding hydrogens is 357 g/mol. The number of rotatable bonds is 6. The summed E-state index contributed by atoms with van der Waals surface area (Å²) in [6.45, 7) is 4.90. The van der Waals surface area contributed by atoms with Crippen LogP contribution in [0, 0.1) is 12.7 Å². The van der Waals surface area contributed by atoms with Gasteiger partial charge in [-0.25, -0.2) is 9.18 Å². The van der Waals surface area contributed by atoms with Crippen molar-refractivity contribution in [3.63, 3.8) is 0 Å². The summed E-state index contributed by atoms with van der Waals surface area (Å²) in [5, 5.41) is 2.88. The summed E-state index contributed by atoms with van der Waals surface area (Å²) in [6.07, 6.45) is 2.79. The van der Waals surface area contributed by atoms with E-state index in [9.17, 15) is 18.8 Å². The van der Waals surface area contributed by atoms with Crippen LogP contribution in [-0.4, -0.2) is 24.3 Å². The molecule has 7 heteroatoms. The second kappa shape index (κ2) is 8.53. The van der Waals surface area contributed by atoms with Crippen molar-refractivity contribution >= 4 is 40.1 Å². The number of hydrogen-bond donors (Lipinski definition) is 1. The number of hydrogen-bond acceptors (Lipinski definition) is 5. The highest BCUT2D eigenvalue weighted by atomic mass is 32.1. The van der Waals surface area contributed by atoms with Crippen molar-refractivity contribution in [2.45, 2.75) is 20.8 Å². The van der Waals surface area contributed by atoms with E-state index in [-0.39, 0.29) is 28.8 Å². The zero-order valence-electron chi connectivity index (χ0n) is 14.6. The molecule has 136 valence electrons. The zero-order valence-corrected chi connectivity index (χ0v) is 15.4. The molecule has 0 saturated heterocycles. The quantitative estimate of drug-likeness (QED) is 0.466. The molecule has 1 aromatic carbocycles. The number of halogens is 1. The molecule has 1 heterocycles. The van der Waals surface area contributed by atoms with E-state index in [0.29, 0.717) is 16.0 Å². The van der Waals surface area contributed by atoms with Crippen molar-refractivity contribution in [1.82, 2.24) is 0 Å². The molecule has 0 radical (unpaired) electrons. The Kier molecular flexibility index (Phi) is 6.41. The topological polar surface area (TPSA) is 72.5 Å². The van der Waals surface area contributed by atoms with Gasteiger partial charge in [0.25, 0.3) is 0 Å². The molecule has 26 heavy (non-hydrogen) atoms. The molecule has 0 spiro atoms. The normalized spacial score (nSPS) is 10.8. The number of anilines is 1. The van der Waals surface area contributed by atoms with Crippen LogP contribution in [0.5, 0.6) is 0 Å². The summed E-state index contributed by atoms with van der Waals surface area (Å²) in [4.78, 5) is 36.5. The second-order valence-corrected chi connectivity index (χ2v) is 6.43. The summed E-state index contributed by atoms with van der Waals surface area (Å²) < 4.78 is 17.9. The third-order valence-corrected chi connectivity index (χ3v) is 4.79. The van der Waals surface area contributed by atoms with Gasteiger partial charge >= 0.3 is 5.97 Å². The monoisotopic (exact) mass is 375 g/mol. The molecule has 1 N–H and O–H groups in total. The number of ketones is 1. The zero-order chi connectivity index (χ0) is 19.3. The lowest BCUT2D eigenvalue weighted by Crippen LogP contribution is -2.12. The van der Waals surface area contributed by atoms with Gasteiger partial charge in [-0.05, 0) is 50.1 Å². The largest absolute Gasteiger partial charge is 0.462 e. The molecule has 0 saturated carbocycles. The van der Waals surface area contributed by atoms with Crippen molar-refractivity contribution in [2.24, 2.45) is 0 Å². The van der Waals surface area contributed by atoms with E-state index >= 15 is 0 Å². The molecule has 0 unspecified atom stereocenters. The summed E-state index contributed by atoms with van der Waals surface area (Å²) in [5.41, 5.74) is 1.32. The summed E-state index contributed by atoms with van der Waals surface area (Å²) in [6, 6.07) is 5.65. The van der Waals surface area contributed by atoms with Crippen molar-refractivity contribution in [3.8, 4) is 0 Å². The van der Waals surface area contributed by atoms with Crippen molar-refractivity contribution in [2.75, 3.05) is 11.9 Å². The maximum absolute atomic E-state index is 12.9. The first-order valence-electron chi connectivity index (χ1n) is 7.89. The molecule has 2 rings (SSSR count). The highest BCUT2D eigenvalue weighted by molar-refractivity contribution is 7.18. The first kappa shape index (κ1) is 19.5. The molecule has 1 amide bonds. The van der Waals surface area contributed by atoms with Gasteiger partial charge < -0.3 is 10.1 Å². The SMILES string of the molecule is CCOC(=O)c1c(NC(=O)C=Cc2ccc(F)cc2)sc(C(C)=O)c1C. The molecule has 5 nitrogen and oxygen atoms in total. The Morgan fingerprint density at radius 2 is 1.88 bits per heavy atom. The fraction of sp³-hybridized carbons (Fsp3) is 0.211. The number of nitrogens with one attached hydrogen (secondary N) is 1. The van der Waals surface area contributed by atoms with Crippen LogP contribution in [0.3, 0.4) is 0 Å². The van der Waals surface area contributed by atoms with Crippen molar-refractivity contribution in [1.29, 1.82) is 0 Å². The average Bonchev–Trinajstić information content (AvgIpc) is 2.91.